The van der Waals surface area contributed by atoms with Gasteiger partial charge in [0.2, 0.25) is 0 Å². The van der Waals surface area contributed by atoms with Gasteiger partial charge in [-0.15, -0.1) is 0 Å². The first-order valence-electron chi connectivity index (χ1n) is 6.63. The second kappa shape index (κ2) is 6.22. The predicted octanol–water partition coefficient (Wildman–Crippen LogP) is 3.09. The van der Waals surface area contributed by atoms with Gasteiger partial charge in [-0.2, -0.15) is 0 Å². The molecule has 0 spiro atoms. The van der Waals surface area contributed by atoms with Crippen LogP contribution in [-0.4, -0.2) is 12.6 Å². The molecule has 0 amide bonds. The third-order valence-electron chi connectivity index (χ3n) is 3.01. The van der Waals surface area contributed by atoms with Crippen molar-refractivity contribution in [2.45, 2.75) is 52.3 Å². The van der Waals surface area contributed by atoms with E-state index in [1.807, 2.05) is 12.1 Å². The number of ether oxygens (including phenoxy) is 1. The molecule has 0 radical (unpaired) electrons. The van der Waals surface area contributed by atoms with Crippen molar-refractivity contribution in [3.8, 4) is 0 Å². The average molecular weight is 237 g/mol. The molecule has 0 saturated heterocycles. The number of furan rings is 1. The highest BCUT2D eigenvalue weighted by Crippen LogP contribution is 2.32. The summed E-state index contributed by atoms with van der Waals surface area (Å²) < 4.78 is 11.3. The molecule has 3 heteroatoms. The van der Waals surface area contributed by atoms with Crippen LogP contribution in [0.2, 0.25) is 0 Å². The van der Waals surface area contributed by atoms with Crippen LogP contribution in [0.25, 0.3) is 0 Å². The monoisotopic (exact) mass is 237 g/mol. The van der Waals surface area contributed by atoms with E-state index in [0.717, 1.165) is 30.6 Å². The average Bonchev–Trinajstić information content (AvgIpc) is 3.01. The molecule has 1 saturated carbocycles. The lowest BCUT2D eigenvalue weighted by atomic mass is 10.3. The first-order valence-corrected chi connectivity index (χ1v) is 6.63. The molecule has 1 aromatic rings. The van der Waals surface area contributed by atoms with E-state index in [0.29, 0.717) is 12.6 Å². The highest BCUT2D eigenvalue weighted by Gasteiger charge is 2.20. The van der Waals surface area contributed by atoms with Crippen molar-refractivity contribution in [2.75, 3.05) is 6.61 Å². The van der Waals surface area contributed by atoms with Crippen LogP contribution in [0.1, 0.15) is 44.6 Å². The third kappa shape index (κ3) is 4.92. The first kappa shape index (κ1) is 12.7. The Bertz CT molecular complexity index is 329. The van der Waals surface area contributed by atoms with Crippen LogP contribution < -0.4 is 5.32 Å². The molecule has 0 atom stereocenters. The zero-order valence-electron chi connectivity index (χ0n) is 10.9. The van der Waals surface area contributed by atoms with Gasteiger partial charge in [-0.05, 0) is 24.5 Å². The Morgan fingerprint density at radius 2 is 2.12 bits per heavy atom. The minimum absolute atomic E-state index is 0.485. The van der Waals surface area contributed by atoms with Crippen molar-refractivity contribution >= 4 is 0 Å². The molecule has 0 aliphatic heterocycles. The van der Waals surface area contributed by atoms with Crippen LogP contribution in [-0.2, 0) is 17.9 Å². The molecule has 0 unspecified atom stereocenters. The minimum Gasteiger partial charge on any atom is -0.462 e. The maximum absolute atomic E-state index is 5.67. The fourth-order valence-electron chi connectivity index (χ4n) is 1.73. The van der Waals surface area contributed by atoms with E-state index in [-0.39, 0.29) is 0 Å². The summed E-state index contributed by atoms with van der Waals surface area (Å²) in [5.41, 5.74) is 0. The van der Waals surface area contributed by atoms with Gasteiger partial charge in [0.25, 0.3) is 0 Å². The van der Waals surface area contributed by atoms with Crippen molar-refractivity contribution in [2.24, 2.45) is 5.92 Å². The smallest absolute Gasteiger partial charge is 0.129 e. The standard InChI is InChI=1S/C14H23NO2/c1-11(2)15-9-13-5-6-14(17-13)10-16-8-7-12-3-4-12/h5-6,11-12,15H,3-4,7-10H2,1-2H3. The predicted molar refractivity (Wildman–Crippen MR) is 67.7 cm³/mol. The zero-order valence-corrected chi connectivity index (χ0v) is 10.9. The molecule has 1 aliphatic rings. The van der Waals surface area contributed by atoms with E-state index in [1.54, 1.807) is 0 Å². The van der Waals surface area contributed by atoms with Crippen molar-refractivity contribution in [3.63, 3.8) is 0 Å². The summed E-state index contributed by atoms with van der Waals surface area (Å²) in [7, 11) is 0. The SMILES string of the molecule is CC(C)NCc1ccc(COCCC2CC2)o1. The molecule has 17 heavy (non-hydrogen) atoms. The first-order chi connectivity index (χ1) is 8.24. The molecule has 0 aromatic carbocycles. The Kier molecular flexibility index (Phi) is 4.63. The topological polar surface area (TPSA) is 34.4 Å². The fraction of sp³-hybridized carbons (Fsp3) is 0.714. The Morgan fingerprint density at radius 1 is 1.35 bits per heavy atom. The van der Waals surface area contributed by atoms with Crippen molar-refractivity contribution in [1.29, 1.82) is 0 Å². The number of hydrogen-bond acceptors (Lipinski definition) is 3. The highest BCUT2D eigenvalue weighted by molar-refractivity contribution is 5.06. The van der Waals surface area contributed by atoms with Crippen molar-refractivity contribution < 1.29 is 9.15 Å². The summed E-state index contributed by atoms with van der Waals surface area (Å²) in [6, 6.07) is 4.52. The van der Waals surface area contributed by atoms with Gasteiger partial charge in [-0.25, -0.2) is 0 Å². The van der Waals surface area contributed by atoms with E-state index in [4.69, 9.17) is 9.15 Å². The van der Waals surface area contributed by atoms with E-state index in [9.17, 15) is 0 Å². The maximum atomic E-state index is 5.67. The Morgan fingerprint density at radius 3 is 2.82 bits per heavy atom. The Labute approximate surface area is 104 Å². The van der Waals surface area contributed by atoms with E-state index in [2.05, 4.69) is 19.2 Å². The Balaban J connectivity index is 1.62. The van der Waals surface area contributed by atoms with Crippen LogP contribution in [0.5, 0.6) is 0 Å². The van der Waals surface area contributed by atoms with Crippen LogP contribution in [0, 0.1) is 5.92 Å². The number of hydrogen-bond donors (Lipinski definition) is 1. The van der Waals surface area contributed by atoms with Gasteiger partial charge in [-0.1, -0.05) is 26.7 Å². The number of nitrogens with one attached hydrogen (secondary N) is 1. The van der Waals surface area contributed by atoms with Gasteiger partial charge < -0.3 is 14.5 Å². The summed E-state index contributed by atoms with van der Waals surface area (Å²) in [6.07, 6.45) is 4.01. The third-order valence-corrected chi connectivity index (χ3v) is 3.01. The lowest BCUT2D eigenvalue weighted by Gasteiger charge is -2.05. The lowest BCUT2D eigenvalue weighted by molar-refractivity contribution is 0.0998. The highest BCUT2D eigenvalue weighted by atomic mass is 16.5. The molecule has 1 N–H and O–H groups in total. The van der Waals surface area contributed by atoms with E-state index in [1.165, 1.54) is 19.3 Å². The van der Waals surface area contributed by atoms with Gasteiger partial charge in [0.15, 0.2) is 0 Å². The fourth-order valence-corrected chi connectivity index (χ4v) is 1.73. The van der Waals surface area contributed by atoms with Gasteiger partial charge >= 0.3 is 0 Å². The summed E-state index contributed by atoms with van der Waals surface area (Å²) in [6.45, 7) is 6.52. The molecule has 1 aliphatic carbocycles. The molecular formula is C14H23NO2. The van der Waals surface area contributed by atoms with Crippen LogP contribution in [0.3, 0.4) is 0 Å². The molecule has 1 heterocycles. The normalized spacial score (nSPS) is 15.7. The molecular weight excluding hydrogens is 214 g/mol. The molecule has 3 nitrogen and oxygen atoms in total. The molecule has 1 fully saturated rings. The number of rotatable bonds is 8. The van der Waals surface area contributed by atoms with Crippen LogP contribution in [0.15, 0.2) is 16.5 Å². The van der Waals surface area contributed by atoms with Gasteiger partial charge in [0.1, 0.15) is 18.1 Å². The molecule has 1 aromatic heterocycles. The molecule has 0 bridgehead atoms. The minimum atomic E-state index is 0.485. The second-order valence-electron chi connectivity index (χ2n) is 5.19. The van der Waals surface area contributed by atoms with Gasteiger partial charge in [0, 0.05) is 12.6 Å². The lowest BCUT2D eigenvalue weighted by Crippen LogP contribution is -2.21. The molecule has 2 rings (SSSR count). The van der Waals surface area contributed by atoms with E-state index < -0.39 is 0 Å². The van der Waals surface area contributed by atoms with Crippen LogP contribution in [0.4, 0.5) is 0 Å². The largest absolute Gasteiger partial charge is 0.462 e. The second-order valence-corrected chi connectivity index (χ2v) is 5.19. The van der Waals surface area contributed by atoms with Gasteiger partial charge in [-0.3, -0.25) is 0 Å². The van der Waals surface area contributed by atoms with Crippen molar-refractivity contribution in [1.82, 2.24) is 5.32 Å². The van der Waals surface area contributed by atoms with E-state index >= 15 is 0 Å². The quantitative estimate of drug-likeness (QED) is 0.705. The summed E-state index contributed by atoms with van der Waals surface area (Å²) >= 11 is 0. The molecule has 96 valence electrons. The summed E-state index contributed by atoms with van der Waals surface area (Å²) in [5.74, 6) is 2.86. The van der Waals surface area contributed by atoms with Crippen molar-refractivity contribution in [3.05, 3.63) is 23.7 Å². The summed E-state index contributed by atoms with van der Waals surface area (Å²) in [5, 5.41) is 3.33. The maximum Gasteiger partial charge on any atom is 0.129 e. The summed E-state index contributed by atoms with van der Waals surface area (Å²) in [4.78, 5) is 0. The Hall–Kier alpha value is -0.800. The van der Waals surface area contributed by atoms with Gasteiger partial charge in [0.05, 0.1) is 6.54 Å². The van der Waals surface area contributed by atoms with Crippen LogP contribution >= 0.6 is 0 Å². The zero-order chi connectivity index (χ0) is 12.1.